The Hall–Kier alpha value is -0.610. The molecular formula is C18H40N2O2. The number of carboxylic acids is 1. The first-order valence-corrected chi connectivity index (χ1v) is 9.36. The molecule has 0 saturated carbocycles. The van der Waals surface area contributed by atoms with Crippen molar-refractivity contribution in [2.45, 2.75) is 97.8 Å². The summed E-state index contributed by atoms with van der Waals surface area (Å²) in [6.45, 7) is 8.80. The van der Waals surface area contributed by atoms with Gasteiger partial charge in [0.15, 0.2) is 0 Å². The van der Waals surface area contributed by atoms with E-state index >= 15 is 0 Å². The molecular weight excluding hydrogens is 276 g/mol. The molecule has 134 valence electrons. The quantitative estimate of drug-likeness (QED) is 0.297. The van der Waals surface area contributed by atoms with Crippen molar-refractivity contribution in [2.24, 2.45) is 0 Å². The molecule has 3 N–H and O–H groups in total. The van der Waals surface area contributed by atoms with Crippen molar-refractivity contribution in [1.29, 1.82) is 0 Å². The maximum atomic E-state index is 10.1. The third-order valence-corrected chi connectivity index (χ3v) is 3.43. The minimum Gasteiger partial charge on any atom is -0.481 e. The van der Waals surface area contributed by atoms with Gasteiger partial charge in [0.05, 0.1) is 0 Å². The van der Waals surface area contributed by atoms with Crippen LogP contribution in [0.25, 0.3) is 0 Å². The van der Waals surface area contributed by atoms with Crippen LogP contribution in [0.2, 0.25) is 0 Å². The normalized spacial score (nSPS) is 10.1. The van der Waals surface area contributed by atoms with E-state index in [2.05, 4.69) is 31.6 Å². The standard InChI is InChI=1S/C10H20O2.C8H20N2/c1-2-3-4-5-6-7-8-9-10(11)12;1-3-5-7-9-10-8-6-4-2/h2-9H2,1H3,(H,11,12);9-10H,3-8H2,1-2H3. The summed E-state index contributed by atoms with van der Waals surface area (Å²) in [4.78, 5) is 10.1. The van der Waals surface area contributed by atoms with Gasteiger partial charge < -0.3 is 5.11 Å². The van der Waals surface area contributed by atoms with Crippen LogP contribution in [0.3, 0.4) is 0 Å². The average molecular weight is 317 g/mol. The highest BCUT2D eigenvalue weighted by Gasteiger charge is 1.95. The first-order valence-electron chi connectivity index (χ1n) is 9.36. The number of rotatable bonds is 15. The van der Waals surface area contributed by atoms with Crippen molar-refractivity contribution in [3.8, 4) is 0 Å². The molecule has 0 amide bonds. The lowest BCUT2D eigenvalue weighted by atomic mass is 10.1. The molecule has 0 saturated heterocycles. The Balaban J connectivity index is 0. The van der Waals surface area contributed by atoms with Gasteiger partial charge in [-0.05, 0) is 19.3 Å². The molecule has 4 nitrogen and oxygen atoms in total. The summed E-state index contributed by atoms with van der Waals surface area (Å²) in [5.41, 5.74) is 6.34. The van der Waals surface area contributed by atoms with Crippen LogP contribution in [-0.2, 0) is 4.79 Å². The van der Waals surface area contributed by atoms with Crippen molar-refractivity contribution in [2.75, 3.05) is 13.1 Å². The number of carboxylic acid groups (broad SMARTS) is 1. The average Bonchev–Trinajstić information content (AvgIpc) is 2.50. The highest BCUT2D eigenvalue weighted by molar-refractivity contribution is 5.66. The van der Waals surface area contributed by atoms with E-state index in [4.69, 9.17) is 5.11 Å². The fourth-order valence-electron chi connectivity index (χ4n) is 1.94. The second kappa shape index (κ2) is 22.7. The Labute approximate surface area is 138 Å². The monoisotopic (exact) mass is 316 g/mol. The Morgan fingerprint density at radius 1 is 0.682 bits per heavy atom. The zero-order valence-corrected chi connectivity index (χ0v) is 15.3. The maximum Gasteiger partial charge on any atom is 0.303 e. The number of hydrogen-bond donors (Lipinski definition) is 3. The molecule has 0 fully saturated rings. The van der Waals surface area contributed by atoms with Gasteiger partial charge in [-0.1, -0.05) is 72.1 Å². The maximum absolute atomic E-state index is 10.1. The van der Waals surface area contributed by atoms with E-state index in [-0.39, 0.29) is 0 Å². The lowest BCUT2D eigenvalue weighted by molar-refractivity contribution is -0.137. The molecule has 0 radical (unpaired) electrons. The van der Waals surface area contributed by atoms with Crippen molar-refractivity contribution in [3.63, 3.8) is 0 Å². The number of unbranched alkanes of at least 4 members (excludes halogenated alkanes) is 8. The second-order valence-electron chi connectivity index (χ2n) is 5.83. The summed E-state index contributed by atoms with van der Waals surface area (Å²) in [6.07, 6.45) is 13.7. The van der Waals surface area contributed by atoms with Crippen LogP contribution in [0.5, 0.6) is 0 Å². The molecule has 0 aromatic carbocycles. The van der Waals surface area contributed by atoms with Crippen LogP contribution >= 0.6 is 0 Å². The van der Waals surface area contributed by atoms with E-state index in [1.165, 1.54) is 57.8 Å². The fourth-order valence-corrected chi connectivity index (χ4v) is 1.94. The van der Waals surface area contributed by atoms with Crippen molar-refractivity contribution in [3.05, 3.63) is 0 Å². The van der Waals surface area contributed by atoms with E-state index in [9.17, 15) is 4.79 Å². The molecule has 0 aromatic heterocycles. The molecule has 0 aliphatic carbocycles. The zero-order valence-electron chi connectivity index (χ0n) is 15.3. The lowest BCUT2D eigenvalue weighted by Gasteiger charge is -2.03. The SMILES string of the molecule is CCCCCCCCCC(=O)O.CCCCNNCCCC. The van der Waals surface area contributed by atoms with E-state index in [0.29, 0.717) is 6.42 Å². The minimum absolute atomic E-state index is 0.341. The number of hydrazine groups is 1. The molecule has 0 aromatic rings. The Bertz CT molecular complexity index is 203. The summed E-state index contributed by atoms with van der Waals surface area (Å²) < 4.78 is 0. The Morgan fingerprint density at radius 3 is 1.50 bits per heavy atom. The smallest absolute Gasteiger partial charge is 0.303 e. The molecule has 0 heterocycles. The zero-order chi connectivity index (χ0) is 16.9. The van der Waals surface area contributed by atoms with E-state index in [0.717, 1.165) is 25.9 Å². The number of aliphatic carboxylic acids is 1. The van der Waals surface area contributed by atoms with Gasteiger partial charge in [0.25, 0.3) is 0 Å². The topological polar surface area (TPSA) is 61.4 Å². The van der Waals surface area contributed by atoms with Gasteiger partial charge in [0.1, 0.15) is 0 Å². The van der Waals surface area contributed by atoms with Crippen molar-refractivity contribution >= 4 is 5.97 Å². The number of hydrogen-bond acceptors (Lipinski definition) is 3. The van der Waals surface area contributed by atoms with E-state index < -0.39 is 5.97 Å². The Morgan fingerprint density at radius 2 is 1.09 bits per heavy atom. The molecule has 0 spiro atoms. The molecule has 0 aliphatic rings. The van der Waals surface area contributed by atoms with Gasteiger partial charge in [0.2, 0.25) is 0 Å². The third kappa shape index (κ3) is 27.7. The van der Waals surface area contributed by atoms with Crippen LogP contribution < -0.4 is 10.9 Å². The molecule has 0 unspecified atom stereocenters. The van der Waals surface area contributed by atoms with Crippen molar-refractivity contribution in [1.82, 2.24) is 10.9 Å². The fraction of sp³-hybridized carbons (Fsp3) is 0.944. The third-order valence-electron chi connectivity index (χ3n) is 3.43. The minimum atomic E-state index is -0.663. The summed E-state index contributed by atoms with van der Waals surface area (Å²) in [5, 5.41) is 8.35. The highest BCUT2D eigenvalue weighted by atomic mass is 16.4. The molecule has 0 aliphatic heterocycles. The van der Waals surface area contributed by atoms with Crippen LogP contribution in [0, 0.1) is 0 Å². The Kier molecular flexibility index (Phi) is 24.4. The van der Waals surface area contributed by atoms with Crippen LogP contribution in [0.4, 0.5) is 0 Å². The molecule has 0 rings (SSSR count). The summed E-state index contributed by atoms with van der Waals surface area (Å²) >= 11 is 0. The van der Waals surface area contributed by atoms with Crippen LogP contribution in [0.1, 0.15) is 97.8 Å². The van der Waals surface area contributed by atoms with E-state index in [1.807, 2.05) is 0 Å². The van der Waals surface area contributed by atoms with Crippen LogP contribution in [0.15, 0.2) is 0 Å². The van der Waals surface area contributed by atoms with Crippen molar-refractivity contribution < 1.29 is 9.90 Å². The molecule has 0 bridgehead atoms. The predicted molar refractivity (Wildman–Crippen MR) is 96.1 cm³/mol. The number of carbonyl (C=O) groups is 1. The summed E-state index contributed by atoms with van der Waals surface area (Å²) in [7, 11) is 0. The number of nitrogens with one attached hydrogen (secondary N) is 2. The predicted octanol–water partition coefficient (Wildman–Crippen LogP) is 4.89. The van der Waals surface area contributed by atoms with Gasteiger partial charge in [-0.15, -0.1) is 0 Å². The molecule has 4 heteroatoms. The molecule has 0 atom stereocenters. The first-order chi connectivity index (χ1) is 10.7. The van der Waals surface area contributed by atoms with Gasteiger partial charge in [-0.2, -0.15) is 0 Å². The summed E-state index contributed by atoms with van der Waals surface area (Å²) in [5.74, 6) is -0.663. The van der Waals surface area contributed by atoms with Crippen LogP contribution in [-0.4, -0.2) is 24.2 Å². The van der Waals surface area contributed by atoms with Gasteiger partial charge in [-0.3, -0.25) is 15.6 Å². The summed E-state index contributed by atoms with van der Waals surface area (Å²) in [6, 6.07) is 0. The first kappa shape index (κ1) is 23.7. The second-order valence-corrected chi connectivity index (χ2v) is 5.83. The lowest BCUT2D eigenvalue weighted by Crippen LogP contribution is -2.33. The van der Waals surface area contributed by atoms with Gasteiger partial charge in [-0.25, -0.2) is 0 Å². The molecule has 22 heavy (non-hydrogen) atoms. The van der Waals surface area contributed by atoms with E-state index in [1.54, 1.807) is 0 Å². The van der Waals surface area contributed by atoms with Gasteiger partial charge in [0, 0.05) is 19.5 Å². The highest BCUT2D eigenvalue weighted by Crippen LogP contribution is 2.07. The van der Waals surface area contributed by atoms with Gasteiger partial charge >= 0.3 is 5.97 Å². The largest absolute Gasteiger partial charge is 0.481 e.